The van der Waals surface area contributed by atoms with Crippen LogP contribution in [0.2, 0.25) is 0 Å². The molecule has 0 unspecified atom stereocenters. The number of carbonyl (C=O) groups excluding carboxylic acids is 2. The number of H-pyrrole nitrogens is 1. The first-order valence-corrected chi connectivity index (χ1v) is 10.3. The Bertz CT molecular complexity index is 1050. The molecule has 1 aliphatic heterocycles. The molecule has 2 atom stereocenters. The van der Waals surface area contributed by atoms with E-state index in [1.807, 2.05) is 36.4 Å². The van der Waals surface area contributed by atoms with Crippen molar-refractivity contribution >= 4 is 28.5 Å². The summed E-state index contributed by atoms with van der Waals surface area (Å²) in [4.78, 5) is 32.5. The molecule has 0 saturated heterocycles. The lowest BCUT2D eigenvalue weighted by molar-refractivity contribution is -0.116. The Kier molecular flexibility index (Phi) is 4.54. The summed E-state index contributed by atoms with van der Waals surface area (Å²) < 4.78 is 0. The lowest BCUT2D eigenvalue weighted by atomic mass is 9.85. The number of amides is 2. The number of nitrogens with one attached hydrogen (secondary N) is 3. The summed E-state index contributed by atoms with van der Waals surface area (Å²) >= 11 is 0. The minimum atomic E-state index is -0.0417. The third kappa shape index (κ3) is 3.62. The minimum absolute atomic E-state index is 0.0357. The second kappa shape index (κ2) is 7.35. The van der Waals surface area contributed by atoms with E-state index in [1.165, 1.54) is 0 Å². The van der Waals surface area contributed by atoms with Crippen molar-refractivity contribution in [2.45, 2.75) is 50.5 Å². The van der Waals surface area contributed by atoms with Crippen LogP contribution in [0, 0.1) is 0 Å². The Balaban J connectivity index is 1.28. The number of hydrogen-bond donors (Lipinski definition) is 3. The first kappa shape index (κ1) is 17.9. The van der Waals surface area contributed by atoms with Gasteiger partial charge < -0.3 is 15.6 Å². The molecule has 3 aromatic rings. The van der Waals surface area contributed by atoms with Gasteiger partial charge in [-0.05, 0) is 61.6 Å². The molecule has 6 nitrogen and oxygen atoms in total. The highest BCUT2D eigenvalue weighted by atomic mass is 16.2. The summed E-state index contributed by atoms with van der Waals surface area (Å²) in [5, 5.41) is 6.08. The molecule has 5 rings (SSSR count). The Hall–Kier alpha value is -3.15. The summed E-state index contributed by atoms with van der Waals surface area (Å²) in [6.07, 6.45) is 5.20. The van der Waals surface area contributed by atoms with Crippen molar-refractivity contribution in [2.75, 3.05) is 5.32 Å². The maximum Gasteiger partial charge on any atom is 0.251 e. The van der Waals surface area contributed by atoms with E-state index in [1.54, 1.807) is 6.07 Å². The van der Waals surface area contributed by atoms with Crippen LogP contribution in [0.5, 0.6) is 0 Å². The van der Waals surface area contributed by atoms with Gasteiger partial charge in [0.2, 0.25) is 5.91 Å². The van der Waals surface area contributed by atoms with Crippen LogP contribution in [0.15, 0.2) is 42.5 Å². The summed E-state index contributed by atoms with van der Waals surface area (Å²) in [7, 11) is 0. The molecular weight excluding hydrogens is 364 g/mol. The van der Waals surface area contributed by atoms with Crippen molar-refractivity contribution in [3.8, 4) is 0 Å². The zero-order valence-electron chi connectivity index (χ0n) is 16.2. The number of aromatic nitrogens is 2. The van der Waals surface area contributed by atoms with E-state index < -0.39 is 0 Å². The fourth-order valence-electron chi connectivity index (χ4n) is 4.53. The molecule has 2 amide bonds. The highest BCUT2D eigenvalue weighted by Crippen LogP contribution is 2.32. The summed E-state index contributed by atoms with van der Waals surface area (Å²) in [5.41, 5.74) is 4.57. The van der Waals surface area contributed by atoms with Gasteiger partial charge in [-0.2, -0.15) is 0 Å². The Labute approximate surface area is 169 Å². The average Bonchev–Trinajstić information content (AvgIpc) is 3.18. The highest BCUT2D eigenvalue weighted by molar-refractivity contribution is 5.98. The van der Waals surface area contributed by atoms with Crippen LogP contribution in [0.4, 0.5) is 5.69 Å². The van der Waals surface area contributed by atoms with Crippen molar-refractivity contribution < 1.29 is 9.59 Å². The van der Waals surface area contributed by atoms with Crippen molar-refractivity contribution in [1.82, 2.24) is 15.3 Å². The number of para-hydroxylation sites is 2. The van der Waals surface area contributed by atoms with Crippen LogP contribution < -0.4 is 10.6 Å². The molecule has 0 bridgehead atoms. The number of benzene rings is 2. The summed E-state index contributed by atoms with van der Waals surface area (Å²) in [5.74, 6) is 1.35. The van der Waals surface area contributed by atoms with Gasteiger partial charge in [0.05, 0.1) is 11.0 Å². The van der Waals surface area contributed by atoms with Gasteiger partial charge in [-0.3, -0.25) is 9.59 Å². The maximum atomic E-state index is 12.8. The van der Waals surface area contributed by atoms with Gasteiger partial charge in [0.25, 0.3) is 5.91 Å². The van der Waals surface area contributed by atoms with E-state index in [-0.39, 0.29) is 17.9 Å². The van der Waals surface area contributed by atoms with Crippen LogP contribution in [0.25, 0.3) is 11.0 Å². The second-order valence-corrected chi connectivity index (χ2v) is 8.09. The highest BCUT2D eigenvalue weighted by Gasteiger charge is 2.27. The molecule has 2 heterocycles. The molecule has 2 aromatic carbocycles. The van der Waals surface area contributed by atoms with Crippen LogP contribution in [0.3, 0.4) is 0 Å². The number of nitrogens with zero attached hydrogens (tertiary/aromatic N) is 1. The third-order valence-electron chi connectivity index (χ3n) is 6.07. The SMILES string of the molecule is O=C1CCc2cc(C(=O)N[C@H]3CCC[C@H](c4nc5ccccc5[nH]4)C3)ccc2N1. The Morgan fingerprint density at radius 3 is 2.90 bits per heavy atom. The molecule has 1 saturated carbocycles. The van der Waals surface area contributed by atoms with E-state index in [0.29, 0.717) is 24.3 Å². The number of aromatic amines is 1. The van der Waals surface area contributed by atoms with Crippen molar-refractivity contribution in [2.24, 2.45) is 0 Å². The lowest BCUT2D eigenvalue weighted by Gasteiger charge is -2.29. The molecule has 0 radical (unpaired) electrons. The molecule has 2 aliphatic rings. The Morgan fingerprint density at radius 2 is 2.00 bits per heavy atom. The molecule has 29 heavy (non-hydrogen) atoms. The normalized spacial score (nSPS) is 21.4. The zero-order valence-corrected chi connectivity index (χ0v) is 16.2. The monoisotopic (exact) mass is 388 g/mol. The first-order valence-electron chi connectivity index (χ1n) is 10.3. The van der Waals surface area contributed by atoms with Gasteiger partial charge >= 0.3 is 0 Å². The van der Waals surface area contributed by atoms with E-state index in [2.05, 4.69) is 15.6 Å². The van der Waals surface area contributed by atoms with Gasteiger partial charge in [-0.25, -0.2) is 4.98 Å². The minimum Gasteiger partial charge on any atom is -0.349 e. The van der Waals surface area contributed by atoms with Gasteiger partial charge in [-0.1, -0.05) is 18.6 Å². The lowest BCUT2D eigenvalue weighted by Crippen LogP contribution is -2.38. The summed E-state index contributed by atoms with van der Waals surface area (Å²) in [6.45, 7) is 0. The average molecular weight is 388 g/mol. The summed E-state index contributed by atoms with van der Waals surface area (Å²) in [6, 6.07) is 13.8. The molecule has 1 aromatic heterocycles. The van der Waals surface area contributed by atoms with Gasteiger partial charge in [0.15, 0.2) is 0 Å². The fraction of sp³-hybridized carbons (Fsp3) is 0.348. The number of hydrogen-bond acceptors (Lipinski definition) is 3. The quantitative estimate of drug-likeness (QED) is 0.636. The Morgan fingerprint density at radius 1 is 1.10 bits per heavy atom. The van der Waals surface area contributed by atoms with Gasteiger partial charge in [0.1, 0.15) is 5.82 Å². The molecule has 148 valence electrons. The number of carbonyl (C=O) groups is 2. The van der Waals surface area contributed by atoms with E-state index in [4.69, 9.17) is 4.98 Å². The maximum absolute atomic E-state index is 12.8. The molecular formula is C23H24N4O2. The van der Waals surface area contributed by atoms with Crippen molar-refractivity contribution in [3.05, 3.63) is 59.4 Å². The number of imidazole rings is 1. The molecule has 1 aliphatic carbocycles. The van der Waals surface area contributed by atoms with Crippen molar-refractivity contribution in [1.29, 1.82) is 0 Å². The van der Waals surface area contributed by atoms with Crippen LogP contribution in [0.1, 0.15) is 59.8 Å². The number of fused-ring (bicyclic) bond motifs is 2. The van der Waals surface area contributed by atoms with Crippen LogP contribution in [-0.4, -0.2) is 27.8 Å². The molecule has 6 heteroatoms. The predicted octanol–water partition coefficient (Wildman–Crippen LogP) is 3.90. The van der Waals surface area contributed by atoms with Crippen molar-refractivity contribution in [3.63, 3.8) is 0 Å². The topological polar surface area (TPSA) is 86.9 Å². The van der Waals surface area contributed by atoms with Crippen LogP contribution >= 0.6 is 0 Å². The molecule has 0 spiro atoms. The molecule has 1 fully saturated rings. The third-order valence-corrected chi connectivity index (χ3v) is 6.07. The fourth-order valence-corrected chi connectivity index (χ4v) is 4.53. The van der Waals surface area contributed by atoms with E-state index >= 15 is 0 Å². The largest absolute Gasteiger partial charge is 0.349 e. The van der Waals surface area contributed by atoms with Gasteiger partial charge in [0, 0.05) is 29.6 Å². The van der Waals surface area contributed by atoms with E-state index in [0.717, 1.165) is 53.8 Å². The second-order valence-electron chi connectivity index (χ2n) is 8.09. The van der Waals surface area contributed by atoms with Gasteiger partial charge in [-0.15, -0.1) is 0 Å². The van der Waals surface area contributed by atoms with E-state index in [9.17, 15) is 9.59 Å². The number of anilines is 1. The smallest absolute Gasteiger partial charge is 0.251 e. The zero-order chi connectivity index (χ0) is 19.8. The number of rotatable bonds is 3. The number of aryl methyl sites for hydroxylation is 1. The standard InChI is InChI=1S/C23H24N4O2/c28-21-11-9-14-12-16(8-10-18(14)25-21)23(29)24-17-5-3-4-15(13-17)22-26-19-6-1-2-7-20(19)27-22/h1-2,6-8,10,12,15,17H,3-5,9,11,13H2,(H,24,29)(H,25,28)(H,26,27)/t15-,17-/m0/s1. The molecule has 3 N–H and O–H groups in total. The van der Waals surface area contributed by atoms with Crippen LogP contribution in [-0.2, 0) is 11.2 Å². The predicted molar refractivity (Wildman–Crippen MR) is 112 cm³/mol. The first-order chi connectivity index (χ1) is 14.2.